The lowest BCUT2D eigenvalue weighted by Crippen LogP contribution is -2.38. The van der Waals surface area contributed by atoms with E-state index in [2.05, 4.69) is 18.7 Å². The van der Waals surface area contributed by atoms with E-state index in [4.69, 9.17) is 11.6 Å². The number of alkyl halides is 1. The first-order valence-corrected chi connectivity index (χ1v) is 9.76. The normalized spacial score (nSPS) is 20.9. The Hall–Kier alpha value is -0.140. The topological polar surface area (TPSA) is 40.6 Å². The van der Waals surface area contributed by atoms with Crippen LogP contribution in [-0.2, 0) is 15.9 Å². The molecule has 2 heterocycles. The molecule has 0 aliphatic carbocycles. The Labute approximate surface area is 130 Å². The van der Waals surface area contributed by atoms with E-state index in [1.54, 1.807) is 15.8 Å². The van der Waals surface area contributed by atoms with Crippen molar-refractivity contribution in [2.45, 2.75) is 37.1 Å². The molecule has 7 heteroatoms. The molecule has 0 bridgehead atoms. The van der Waals surface area contributed by atoms with Gasteiger partial charge in [-0.05, 0) is 31.0 Å². The van der Waals surface area contributed by atoms with Crippen molar-refractivity contribution in [3.63, 3.8) is 0 Å². The molecule has 4 nitrogen and oxygen atoms in total. The first kappa shape index (κ1) is 16.2. The molecule has 0 aromatic carbocycles. The van der Waals surface area contributed by atoms with Crippen LogP contribution in [0.5, 0.6) is 0 Å². The largest absolute Gasteiger partial charge is 0.300 e. The molecule has 0 radical (unpaired) electrons. The molecule has 0 spiro atoms. The number of thiophene rings is 1. The van der Waals surface area contributed by atoms with Crippen LogP contribution in [0.25, 0.3) is 0 Å². The highest BCUT2D eigenvalue weighted by Gasteiger charge is 2.35. The molecule has 1 aliphatic heterocycles. The fourth-order valence-electron chi connectivity index (χ4n) is 2.76. The highest BCUT2D eigenvalue weighted by molar-refractivity contribution is 7.89. The molecule has 1 aliphatic rings. The maximum absolute atomic E-state index is 12.7. The number of hydrogen-bond acceptors (Lipinski definition) is 4. The van der Waals surface area contributed by atoms with Gasteiger partial charge in [0.15, 0.2) is 0 Å². The van der Waals surface area contributed by atoms with E-state index in [1.807, 2.05) is 0 Å². The molecular formula is C13H21ClN2O2S2. The lowest BCUT2D eigenvalue weighted by Gasteiger charge is -2.26. The quantitative estimate of drug-likeness (QED) is 0.750. The maximum atomic E-state index is 12.7. The van der Waals surface area contributed by atoms with Crippen molar-refractivity contribution in [1.82, 2.24) is 9.21 Å². The standard InChI is InChI=1S/C13H21ClN2O2S2/c1-3-15(4-2)11-5-7-16(10-11)20(17,18)13-6-8-19-12(13)9-14/h6,8,11H,3-5,7,9-10H2,1-2H3. The van der Waals surface area contributed by atoms with Gasteiger partial charge in [-0.3, -0.25) is 4.90 Å². The zero-order valence-electron chi connectivity index (χ0n) is 11.9. The Morgan fingerprint density at radius 1 is 1.45 bits per heavy atom. The zero-order valence-corrected chi connectivity index (χ0v) is 14.3. The van der Waals surface area contributed by atoms with Crippen molar-refractivity contribution >= 4 is 33.0 Å². The Morgan fingerprint density at radius 2 is 2.15 bits per heavy atom. The zero-order chi connectivity index (χ0) is 14.8. The summed E-state index contributed by atoms with van der Waals surface area (Å²) in [4.78, 5) is 3.45. The number of sulfonamides is 1. The Balaban J connectivity index is 2.17. The molecule has 0 saturated carbocycles. The predicted octanol–water partition coefficient (Wildman–Crippen LogP) is 2.59. The van der Waals surface area contributed by atoms with Crippen LogP contribution in [0.1, 0.15) is 25.1 Å². The highest BCUT2D eigenvalue weighted by atomic mass is 35.5. The van der Waals surface area contributed by atoms with Crippen LogP contribution in [0.4, 0.5) is 0 Å². The van der Waals surface area contributed by atoms with Crippen LogP contribution < -0.4 is 0 Å². The van der Waals surface area contributed by atoms with Crippen LogP contribution in [0, 0.1) is 0 Å². The number of likely N-dealkylation sites (N-methyl/N-ethyl adjacent to an activating group) is 1. The van der Waals surface area contributed by atoms with Crippen LogP contribution in [0.15, 0.2) is 16.3 Å². The first-order chi connectivity index (χ1) is 9.54. The number of hydrogen-bond donors (Lipinski definition) is 0. The third kappa shape index (κ3) is 3.04. The summed E-state index contributed by atoms with van der Waals surface area (Å²) < 4.78 is 27.0. The summed E-state index contributed by atoms with van der Waals surface area (Å²) in [7, 11) is -3.39. The van der Waals surface area contributed by atoms with Gasteiger partial charge in [0.05, 0.1) is 10.8 Å². The van der Waals surface area contributed by atoms with Gasteiger partial charge in [-0.1, -0.05) is 13.8 Å². The molecule has 1 saturated heterocycles. The van der Waals surface area contributed by atoms with Crippen molar-refractivity contribution in [2.75, 3.05) is 26.2 Å². The van der Waals surface area contributed by atoms with Crippen molar-refractivity contribution < 1.29 is 8.42 Å². The predicted molar refractivity (Wildman–Crippen MR) is 84.0 cm³/mol. The van der Waals surface area contributed by atoms with Crippen LogP contribution in [0.2, 0.25) is 0 Å². The summed E-state index contributed by atoms with van der Waals surface area (Å²) in [6, 6.07) is 2.00. The number of halogens is 1. The lowest BCUT2D eigenvalue weighted by molar-refractivity contribution is 0.224. The monoisotopic (exact) mass is 336 g/mol. The van der Waals surface area contributed by atoms with Gasteiger partial charge in [0.2, 0.25) is 10.0 Å². The van der Waals surface area contributed by atoms with Gasteiger partial charge in [-0.25, -0.2) is 8.42 Å². The Morgan fingerprint density at radius 3 is 2.75 bits per heavy atom. The SMILES string of the molecule is CCN(CC)C1CCN(S(=O)(=O)c2ccsc2CCl)C1. The minimum atomic E-state index is -3.39. The van der Waals surface area contributed by atoms with Gasteiger partial charge in [0.25, 0.3) is 0 Å². The average molecular weight is 337 g/mol. The third-order valence-electron chi connectivity index (χ3n) is 3.90. The second-order valence-electron chi connectivity index (χ2n) is 4.87. The molecule has 0 amide bonds. The molecule has 1 fully saturated rings. The summed E-state index contributed by atoms with van der Waals surface area (Å²) in [5.41, 5.74) is 0. The fourth-order valence-corrected chi connectivity index (χ4v) is 5.93. The van der Waals surface area contributed by atoms with E-state index in [9.17, 15) is 8.42 Å². The van der Waals surface area contributed by atoms with E-state index >= 15 is 0 Å². The molecule has 2 rings (SSSR count). The van der Waals surface area contributed by atoms with Gasteiger partial charge in [0, 0.05) is 24.0 Å². The molecule has 1 aromatic heterocycles. The van der Waals surface area contributed by atoms with E-state index < -0.39 is 10.0 Å². The van der Waals surface area contributed by atoms with Gasteiger partial charge in [-0.2, -0.15) is 4.31 Å². The average Bonchev–Trinajstić information content (AvgIpc) is 3.09. The summed E-state index contributed by atoms with van der Waals surface area (Å²) in [5.74, 6) is 0.250. The number of nitrogens with zero attached hydrogens (tertiary/aromatic N) is 2. The first-order valence-electron chi connectivity index (χ1n) is 6.91. The fraction of sp³-hybridized carbons (Fsp3) is 0.692. The van der Waals surface area contributed by atoms with Crippen molar-refractivity contribution in [2.24, 2.45) is 0 Å². The summed E-state index contributed by atoms with van der Waals surface area (Å²) in [5, 5.41) is 1.79. The van der Waals surface area contributed by atoms with E-state index in [0.717, 1.165) is 24.4 Å². The number of rotatable bonds is 6. The van der Waals surface area contributed by atoms with Crippen molar-refractivity contribution in [3.05, 3.63) is 16.3 Å². The Kier molecular flexibility index (Phi) is 5.48. The Bertz CT molecular complexity index is 540. The van der Waals surface area contributed by atoms with Gasteiger partial charge in [0.1, 0.15) is 0 Å². The summed E-state index contributed by atoms with van der Waals surface area (Å²) in [6.45, 7) is 7.33. The second-order valence-corrected chi connectivity index (χ2v) is 8.04. The lowest BCUT2D eigenvalue weighted by atomic mass is 10.2. The van der Waals surface area contributed by atoms with Gasteiger partial charge in [-0.15, -0.1) is 22.9 Å². The molecule has 1 atom stereocenters. The highest BCUT2D eigenvalue weighted by Crippen LogP contribution is 2.29. The van der Waals surface area contributed by atoms with Crippen LogP contribution in [-0.4, -0.2) is 49.8 Å². The molecule has 20 heavy (non-hydrogen) atoms. The second kappa shape index (κ2) is 6.75. The van der Waals surface area contributed by atoms with Gasteiger partial charge >= 0.3 is 0 Å². The van der Waals surface area contributed by atoms with Gasteiger partial charge < -0.3 is 0 Å². The minimum Gasteiger partial charge on any atom is -0.300 e. The third-order valence-corrected chi connectivity index (χ3v) is 7.32. The van der Waals surface area contributed by atoms with Crippen molar-refractivity contribution in [3.8, 4) is 0 Å². The van der Waals surface area contributed by atoms with E-state index in [0.29, 0.717) is 24.0 Å². The summed E-state index contributed by atoms with van der Waals surface area (Å²) >= 11 is 7.23. The van der Waals surface area contributed by atoms with E-state index in [1.165, 1.54) is 11.3 Å². The minimum absolute atomic E-state index is 0.250. The van der Waals surface area contributed by atoms with Crippen LogP contribution >= 0.6 is 22.9 Å². The maximum Gasteiger partial charge on any atom is 0.244 e. The summed E-state index contributed by atoms with van der Waals surface area (Å²) in [6.07, 6.45) is 0.904. The molecule has 1 aromatic rings. The van der Waals surface area contributed by atoms with Crippen molar-refractivity contribution in [1.29, 1.82) is 0 Å². The van der Waals surface area contributed by atoms with Crippen LogP contribution in [0.3, 0.4) is 0 Å². The molecule has 0 N–H and O–H groups in total. The molecular weight excluding hydrogens is 316 g/mol. The smallest absolute Gasteiger partial charge is 0.244 e. The molecule has 1 unspecified atom stereocenters. The van der Waals surface area contributed by atoms with E-state index in [-0.39, 0.29) is 5.88 Å². The molecule has 114 valence electrons.